The second-order valence-corrected chi connectivity index (χ2v) is 3.60. The van der Waals surface area contributed by atoms with Crippen LogP contribution in [0.3, 0.4) is 0 Å². The van der Waals surface area contributed by atoms with Crippen LogP contribution in [0.4, 0.5) is 0 Å². The van der Waals surface area contributed by atoms with Crippen LogP contribution in [0.2, 0.25) is 0 Å². The Balaban J connectivity index is 2.39. The van der Waals surface area contributed by atoms with E-state index in [1.807, 2.05) is 24.3 Å². The average molecular weight is 196 g/mol. The van der Waals surface area contributed by atoms with Gasteiger partial charge < -0.3 is 5.11 Å². The van der Waals surface area contributed by atoms with E-state index in [0.29, 0.717) is 5.56 Å². The van der Waals surface area contributed by atoms with Gasteiger partial charge >= 0.3 is 0 Å². The minimum absolute atomic E-state index is 0.0422. The first-order valence-electron chi connectivity index (χ1n) is 4.74. The van der Waals surface area contributed by atoms with Crippen LogP contribution in [0.5, 0.6) is 5.75 Å². The van der Waals surface area contributed by atoms with Crippen molar-refractivity contribution in [1.82, 2.24) is 0 Å². The van der Waals surface area contributed by atoms with Crippen LogP contribution < -0.4 is 0 Å². The maximum Gasteiger partial charge on any atom is 0.194 e. The fraction of sp³-hybridized carbons (Fsp3) is 0. The van der Waals surface area contributed by atoms with Crippen LogP contribution in [-0.2, 0) is 0 Å². The maximum atomic E-state index is 11.9. The maximum absolute atomic E-state index is 11.9. The number of fused-ring (bicyclic) bond motifs is 3. The van der Waals surface area contributed by atoms with Crippen molar-refractivity contribution in [3.05, 3.63) is 53.6 Å². The summed E-state index contributed by atoms with van der Waals surface area (Å²) in [5.41, 5.74) is 3.14. The predicted octanol–water partition coefficient (Wildman–Crippen LogP) is 2.60. The molecule has 0 aromatic heterocycles. The molecule has 0 unspecified atom stereocenters. The molecule has 2 aromatic carbocycles. The highest BCUT2D eigenvalue weighted by molar-refractivity contribution is 6.21. The molecule has 0 aliphatic heterocycles. The van der Waals surface area contributed by atoms with E-state index in [1.54, 1.807) is 18.2 Å². The Morgan fingerprint density at radius 2 is 1.47 bits per heavy atom. The van der Waals surface area contributed by atoms with Crippen molar-refractivity contribution in [2.24, 2.45) is 0 Å². The smallest absolute Gasteiger partial charge is 0.194 e. The zero-order valence-electron chi connectivity index (χ0n) is 7.90. The molecule has 72 valence electrons. The summed E-state index contributed by atoms with van der Waals surface area (Å²) < 4.78 is 0. The summed E-state index contributed by atoms with van der Waals surface area (Å²) in [5, 5.41) is 9.40. The van der Waals surface area contributed by atoms with Gasteiger partial charge in [-0.1, -0.05) is 24.3 Å². The Morgan fingerprint density at radius 3 is 2.27 bits per heavy atom. The van der Waals surface area contributed by atoms with Crippen molar-refractivity contribution in [3.8, 4) is 16.9 Å². The minimum atomic E-state index is 0.0422. The van der Waals surface area contributed by atoms with Crippen LogP contribution >= 0.6 is 0 Å². The summed E-state index contributed by atoms with van der Waals surface area (Å²) in [6.07, 6.45) is 0. The summed E-state index contributed by atoms with van der Waals surface area (Å²) in [6, 6.07) is 12.3. The van der Waals surface area contributed by atoms with Crippen LogP contribution in [0.25, 0.3) is 11.1 Å². The first-order valence-corrected chi connectivity index (χ1v) is 4.74. The highest BCUT2D eigenvalue weighted by Crippen LogP contribution is 2.37. The molecule has 0 saturated heterocycles. The van der Waals surface area contributed by atoms with E-state index >= 15 is 0 Å². The number of carbonyl (C=O) groups is 1. The Hall–Kier alpha value is -2.09. The number of ketones is 1. The molecule has 0 atom stereocenters. The van der Waals surface area contributed by atoms with Crippen molar-refractivity contribution in [1.29, 1.82) is 0 Å². The van der Waals surface area contributed by atoms with Gasteiger partial charge in [0.05, 0.1) is 0 Å². The van der Waals surface area contributed by atoms with Gasteiger partial charge in [0, 0.05) is 11.1 Å². The largest absolute Gasteiger partial charge is 0.508 e. The lowest BCUT2D eigenvalue weighted by Crippen LogP contribution is -1.93. The minimum Gasteiger partial charge on any atom is -0.508 e. The third kappa shape index (κ3) is 1.02. The summed E-state index contributed by atoms with van der Waals surface area (Å²) in [5.74, 6) is 0.235. The molecule has 3 rings (SSSR count). The van der Waals surface area contributed by atoms with Gasteiger partial charge in [-0.2, -0.15) is 0 Å². The fourth-order valence-corrected chi connectivity index (χ4v) is 2.01. The first-order chi connectivity index (χ1) is 7.27. The van der Waals surface area contributed by atoms with Gasteiger partial charge in [0.15, 0.2) is 5.78 Å². The zero-order chi connectivity index (χ0) is 10.4. The number of hydrogen-bond acceptors (Lipinski definition) is 2. The molecule has 0 saturated carbocycles. The molecule has 1 aliphatic carbocycles. The highest BCUT2D eigenvalue weighted by Gasteiger charge is 2.25. The normalized spacial score (nSPS) is 12.4. The van der Waals surface area contributed by atoms with E-state index < -0.39 is 0 Å². The lowest BCUT2D eigenvalue weighted by molar-refractivity contribution is 0.104. The second-order valence-electron chi connectivity index (χ2n) is 3.60. The van der Waals surface area contributed by atoms with Gasteiger partial charge in [-0.3, -0.25) is 4.79 Å². The fourth-order valence-electron chi connectivity index (χ4n) is 2.01. The number of rotatable bonds is 0. The van der Waals surface area contributed by atoms with Crippen molar-refractivity contribution in [2.75, 3.05) is 0 Å². The van der Waals surface area contributed by atoms with Crippen molar-refractivity contribution < 1.29 is 9.90 Å². The van der Waals surface area contributed by atoms with Crippen molar-refractivity contribution in [3.63, 3.8) is 0 Å². The van der Waals surface area contributed by atoms with Crippen molar-refractivity contribution >= 4 is 5.78 Å². The van der Waals surface area contributed by atoms with Gasteiger partial charge in [0.25, 0.3) is 0 Å². The van der Waals surface area contributed by atoms with Gasteiger partial charge in [0.2, 0.25) is 0 Å². The molecule has 2 nitrogen and oxygen atoms in total. The molecule has 0 heterocycles. The summed E-state index contributed by atoms with van der Waals surface area (Å²) in [7, 11) is 0. The molecular weight excluding hydrogens is 188 g/mol. The SMILES string of the molecule is O=C1c2ccccc2-c2cc(O)ccc21. The third-order valence-corrected chi connectivity index (χ3v) is 2.71. The molecule has 1 N–H and O–H groups in total. The van der Waals surface area contributed by atoms with Crippen LogP contribution in [0.15, 0.2) is 42.5 Å². The van der Waals surface area contributed by atoms with Crippen LogP contribution in [0, 0.1) is 0 Å². The molecule has 1 aliphatic rings. The number of benzene rings is 2. The Labute approximate surface area is 86.8 Å². The van der Waals surface area contributed by atoms with E-state index in [-0.39, 0.29) is 11.5 Å². The molecular formula is C13H8O2. The number of aromatic hydroxyl groups is 1. The molecule has 0 fully saturated rings. The molecule has 0 spiro atoms. The van der Waals surface area contributed by atoms with E-state index in [0.717, 1.165) is 16.7 Å². The zero-order valence-corrected chi connectivity index (χ0v) is 7.90. The molecule has 2 heteroatoms. The Bertz CT molecular complexity index is 570. The summed E-state index contributed by atoms with van der Waals surface area (Å²) >= 11 is 0. The molecule has 2 aromatic rings. The van der Waals surface area contributed by atoms with E-state index in [1.165, 1.54) is 0 Å². The lowest BCUT2D eigenvalue weighted by atomic mass is 10.1. The number of phenolic OH excluding ortho intramolecular Hbond substituents is 1. The standard InChI is InChI=1S/C13H8O2/c14-8-5-6-11-12(7-8)9-3-1-2-4-10(9)13(11)15/h1-7,14H. The molecule has 0 radical (unpaired) electrons. The Kier molecular flexibility index (Phi) is 1.48. The van der Waals surface area contributed by atoms with E-state index in [9.17, 15) is 9.90 Å². The summed E-state index contributed by atoms with van der Waals surface area (Å²) in [6.45, 7) is 0. The van der Waals surface area contributed by atoms with E-state index in [2.05, 4.69) is 0 Å². The topological polar surface area (TPSA) is 37.3 Å². The lowest BCUT2D eigenvalue weighted by Gasteiger charge is -1.99. The van der Waals surface area contributed by atoms with Crippen molar-refractivity contribution in [2.45, 2.75) is 0 Å². The quantitative estimate of drug-likeness (QED) is 0.600. The summed E-state index contributed by atoms with van der Waals surface area (Å²) in [4.78, 5) is 11.9. The predicted molar refractivity (Wildman–Crippen MR) is 57.0 cm³/mol. The number of carbonyl (C=O) groups excluding carboxylic acids is 1. The van der Waals surface area contributed by atoms with Gasteiger partial charge in [-0.15, -0.1) is 0 Å². The molecule has 0 bridgehead atoms. The average Bonchev–Trinajstić information content (AvgIpc) is 2.54. The van der Waals surface area contributed by atoms with Gasteiger partial charge in [0.1, 0.15) is 5.75 Å². The van der Waals surface area contributed by atoms with Gasteiger partial charge in [-0.25, -0.2) is 0 Å². The van der Waals surface area contributed by atoms with E-state index in [4.69, 9.17) is 0 Å². The first kappa shape index (κ1) is 8.24. The molecule has 0 amide bonds. The monoisotopic (exact) mass is 196 g/mol. The van der Waals surface area contributed by atoms with Gasteiger partial charge in [-0.05, 0) is 29.3 Å². The van der Waals surface area contributed by atoms with Crippen LogP contribution in [-0.4, -0.2) is 10.9 Å². The second kappa shape index (κ2) is 2.70. The van der Waals surface area contributed by atoms with Crippen LogP contribution in [0.1, 0.15) is 15.9 Å². The highest BCUT2D eigenvalue weighted by atomic mass is 16.3. The number of phenols is 1. The number of hydrogen-bond donors (Lipinski definition) is 1. The Morgan fingerprint density at radius 1 is 0.800 bits per heavy atom. The third-order valence-electron chi connectivity index (χ3n) is 2.71. The molecule has 15 heavy (non-hydrogen) atoms.